The number of nitrogens with two attached hydrogens (primary N) is 1. The van der Waals surface area contributed by atoms with E-state index in [4.69, 9.17) is 17.3 Å². The van der Waals surface area contributed by atoms with E-state index in [1.807, 2.05) is 4.68 Å². The number of piperidine rings is 1. The number of rotatable bonds is 2. The first-order valence-corrected chi connectivity index (χ1v) is 5.70. The highest BCUT2D eigenvalue weighted by Crippen LogP contribution is 2.26. The van der Waals surface area contributed by atoms with Crippen LogP contribution in [0.4, 0.5) is 0 Å². The minimum Gasteiger partial charge on any atom is -0.326 e. The van der Waals surface area contributed by atoms with Crippen LogP contribution in [0.2, 0.25) is 5.15 Å². The fourth-order valence-corrected chi connectivity index (χ4v) is 2.32. The molecule has 1 aromatic heterocycles. The van der Waals surface area contributed by atoms with Gasteiger partial charge in [0, 0.05) is 12.1 Å². The molecule has 15 heavy (non-hydrogen) atoms. The minimum absolute atomic E-state index is 0.439. The molecule has 0 bridgehead atoms. The number of likely N-dealkylation sites (tertiary alicyclic amines) is 1. The summed E-state index contributed by atoms with van der Waals surface area (Å²) in [6.45, 7) is 2.68. The number of hydrogen-bond donors (Lipinski definition) is 1. The summed E-state index contributed by atoms with van der Waals surface area (Å²) in [4.78, 5) is 2.33. The van der Waals surface area contributed by atoms with Crippen molar-refractivity contribution in [2.45, 2.75) is 25.4 Å². The third kappa shape index (κ3) is 2.17. The van der Waals surface area contributed by atoms with Crippen LogP contribution in [0.25, 0.3) is 0 Å². The molecule has 0 amide bonds. The van der Waals surface area contributed by atoms with E-state index in [9.17, 15) is 0 Å². The molecule has 1 aliphatic heterocycles. The van der Waals surface area contributed by atoms with Crippen LogP contribution in [0.5, 0.6) is 0 Å². The molecule has 1 saturated heterocycles. The monoisotopic (exact) mass is 228 g/mol. The first kappa shape index (κ1) is 10.9. The molecule has 0 atom stereocenters. The van der Waals surface area contributed by atoms with Gasteiger partial charge in [-0.05, 0) is 33.0 Å². The van der Waals surface area contributed by atoms with Gasteiger partial charge in [0.2, 0.25) is 0 Å². The van der Waals surface area contributed by atoms with Crippen LogP contribution in [0, 0.1) is 0 Å². The zero-order chi connectivity index (χ0) is 10.8. The lowest BCUT2D eigenvalue weighted by molar-refractivity contribution is 0.212. The summed E-state index contributed by atoms with van der Waals surface area (Å²) >= 11 is 6.20. The van der Waals surface area contributed by atoms with Crippen molar-refractivity contribution >= 4 is 11.6 Å². The molecular weight excluding hydrogens is 212 g/mol. The number of aromatic nitrogens is 2. The molecule has 1 aliphatic rings. The highest BCUT2D eigenvalue weighted by molar-refractivity contribution is 6.30. The molecule has 0 radical (unpaired) electrons. The zero-order valence-corrected chi connectivity index (χ0v) is 9.74. The third-order valence-electron chi connectivity index (χ3n) is 3.06. The Kier molecular flexibility index (Phi) is 3.29. The van der Waals surface area contributed by atoms with E-state index in [0.717, 1.165) is 31.5 Å². The molecule has 0 unspecified atom stereocenters. The second-order valence-corrected chi connectivity index (χ2v) is 4.50. The van der Waals surface area contributed by atoms with Crippen molar-refractivity contribution in [3.05, 3.63) is 16.9 Å². The Morgan fingerprint density at radius 3 is 2.73 bits per heavy atom. The van der Waals surface area contributed by atoms with Crippen molar-refractivity contribution in [2.75, 3.05) is 20.1 Å². The van der Waals surface area contributed by atoms with Crippen LogP contribution in [-0.2, 0) is 6.54 Å². The highest BCUT2D eigenvalue weighted by Gasteiger charge is 2.21. The van der Waals surface area contributed by atoms with E-state index in [-0.39, 0.29) is 0 Å². The summed E-state index contributed by atoms with van der Waals surface area (Å²) in [5, 5.41) is 5.04. The van der Waals surface area contributed by atoms with Gasteiger partial charge >= 0.3 is 0 Å². The Balaban J connectivity index is 2.12. The summed E-state index contributed by atoms with van der Waals surface area (Å²) in [5.41, 5.74) is 6.51. The van der Waals surface area contributed by atoms with E-state index in [0.29, 0.717) is 17.7 Å². The van der Waals surface area contributed by atoms with Gasteiger partial charge in [-0.25, -0.2) is 0 Å². The first-order valence-electron chi connectivity index (χ1n) is 5.33. The van der Waals surface area contributed by atoms with Crippen molar-refractivity contribution in [3.8, 4) is 0 Å². The summed E-state index contributed by atoms with van der Waals surface area (Å²) in [6.07, 6.45) is 4.00. The van der Waals surface area contributed by atoms with Gasteiger partial charge < -0.3 is 10.6 Å². The Labute approximate surface area is 95.0 Å². The van der Waals surface area contributed by atoms with Crippen LogP contribution in [-0.4, -0.2) is 34.8 Å². The summed E-state index contributed by atoms with van der Waals surface area (Å²) in [7, 11) is 2.15. The molecule has 2 heterocycles. The molecule has 4 nitrogen and oxygen atoms in total. The summed E-state index contributed by atoms with van der Waals surface area (Å²) < 4.78 is 1.93. The first-order chi connectivity index (χ1) is 7.22. The lowest BCUT2D eigenvalue weighted by atomic mass is 10.1. The van der Waals surface area contributed by atoms with E-state index in [2.05, 4.69) is 17.0 Å². The Morgan fingerprint density at radius 2 is 2.20 bits per heavy atom. The van der Waals surface area contributed by atoms with E-state index in [1.54, 1.807) is 6.20 Å². The molecule has 0 aromatic carbocycles. The van der Waals surface area contributed by atoms with E-state index < -0.39 is 0 Å². The molecule has 0 saturated carbocycles. The standard InChI is InChI=1S/C10H17ClN4/c1-14-4-2-9(3-5-14)15-10(11)8(6-12)7-13-15/h7,9H,2-6,12H2,1H3. The molecule has 84 valence electrons. The van der Waals surface area contributed by atoms with Crippen LogP contribution in [0.1, 0.15) is 24.4 Å². The second kappa shape index (κ2) is 4.51. The summed E-state index contributed by atoms with van der Waals surface area (Å²) in [6, 6.07) is 0.439. The largest absolute Gasteiger partial charge is 0.326 e. The highest BCUT2D eigenvalue weighted by atomic mass is 35.5. The fraction of sp³-hybridized carbons (Fsp3) is 0.700. The molecule has 1 fully saturated rings. The minimum atomic E-state index is 0.439. The number of nitrogens with zero attached hydrogens (tertiary/aromatic N) is 3. The van der Waals surface area contributed by atoms with Crippen molar-refractivity contribution in [2.24, 2.45) is 5.73 Å². The molecule has 0 spiro atoms. The molecule has 2 rings (SSSR count). The topological polar surface area (TPSA) is 47.1 Å². The smallest absolute Gasteiger partial charge is 0.131 e. The number of halogens is 1. The van der Waals surface area contributed by atoms with Gasteiger partial charge in [0.15, 0.2) is 0 Å². The molecule has 1 aromatic rings. The predicted molar refractivity (Wildman–Crippen MR) is 60.9 cm³/mol. The van der Waals surface area contributed by atoms with Gasteiger partial charge in [-0.1, -0.05) is 11.6 Å². The molecule has 0 aliphatic carbocycles. The van der Waals surface area contributed by atoms with E-state index in [1.165, 1.54) is 0 Å². The van der Waals surface area contributed by atoms with E-state index >= 15 is 0 Å². The molecule has 2 N–H and O–H groups in total. The fourth-order valence-electron chi connectivity index (χ4n) is 2.01. The lowest BCUT2D eigenvalue weighted by Crippen LogP contribution is -2.31. The normalized spacial score (nSPS) is 19.7. The van der Waals surface area contributed by atoms with Gasteiger partial charge in [-0.3, -0.25) is 4.68 Å². The van der Waals surface area contributed by atoms with Gasteiger partial charge in [-0.15, -0.1) is 0 Å². The van der Waals surface area contributed by atoms with Crippen LogP contribution >= 0.6 is 11.6 Å². The zero-order valence-electron chi connectivity index (χ0n) is 8.99. The third-order valence-corrected chi connectivity index (χ3v) is 3.47. The maximum atomic E-state index is 6.20. The number of hydrogen-bond acceptors (Lipinski definition) is 3. The Hall–Kier alpha value is -0.580. The maximum absolute atomic E-state index is 6.20. The Morgan fingerprint density at radius 1 is 1.53 bits per heavy atom. The van der Waals surface area contributed by atoms with Crippen molar-refractivity contribution in [1.82, 2.24) is 14.7 Å². The van der Waals surface area contributed by atoms with Gasteiger partial charge in [0.25, 0.3) is 0 Å². The van der Waals surface area contributed by atoms with Gasteiger partial charge in [0.05, 0.1) is 12.2 Å². The SMILES string of the molecule is CN1CCC(n2ncc(CN)c2Cl)CC1. The average Bonchev–Trinajstić information content (AvgIpc) is 2.61. The van der Waals surface area contributed by atoms with Crippen LogP contribution in [0.15, 0.2) is 6.20 Å². The maximum Gasteiger partial charge on any atom is 0.131 e. The van der Waals surface area contributed by atoms with Crippen molar-refractivity contribution < 1.29 is 0 Å². The predicted octanol–water partition coefficient (Wildman–Crippen LogP) is 1.26. The Bertz CT molecular complexity index is 328. The lowest BCUT2D eigenvalue weighted by Gasteiger charge is -2.29. The van der Waals surface area contributed by atoms with Crippen LogP contribution < -0.4 is 5.73 Å². The van der Waals surface area contributed by atoms with Crippen LogP contribution in [0.3, 0.4) is 0 Å². The average molecular weight is 229 g/mol. The molecule has 5 heteroatoms. The van der Waals surface area contributed by atoms with Gasteiger partial charge in [-0.2, -0.15) is 5.10 Å². The second-order valence-electron chi connectivity index (χ2n) is 4.14. The van der Waals surface area contributed by atoms with Gasteiger partial charge in [0.1, 0.15) is 5.15 Å². The van der Waals surface area contributed by atoms with Crippen molar-refractivity contribution in [1.29, 1.82) is 0 Å². The van der Waals surface area contributed by atoms with Crippen molar-refractivity contribution in [3.63, 3.8) is 0 Å². The summed E-state index contributed by atoms with van der Waals surface area (Å²) in [5.74, 6) is 0. The quantitative estimate of drug-likeness (QED) is 0.829. The molecular formula is C10H17ClN4.